The van der Waals surface area contributed by atoms with Crippen LogP contribution in [0.1, 0.15) is 19.4 Å². The Labute approximate surface area is 112 Å². The van der Waals surface area contributed by atoms with Crippen molar-refractivity contribution in [2.24, 2.45) is 0 Å². The third-order valence-electron chi connectivity index (χ3n) is 2.14. The number of benzene rings is 1. The van der Waals surface area contributed by atoms with Gasteiger partial charge in [0.2, 0.25) is 0 Å². The Balaban J connectivity index is 2.64. The van der Waals surface area contributed by atoms with Gasteiger partial charge in [-0.05, 0) is 37.6 Å². The first-order chi connectivity index (χ1) is 9.02. The van der Waals surface area contributed by atoms with E-state index >= 15 is 0 Å². The third kappa shape index (κ3) is 5.21. The maximum Gasteiger partial charge on any atom is 0.338 e. The molecule has 0 amide bonds. The van der Waals surface area contributed by atoms with Crippen LogP contribution in [0.25, 0.3) is 6.08 Å². The predicted molar refractivity (Wildman–Crippen MR) is 72.6 cm³/mol. The van der Waals surface area contributed by atoms with Crippen molar-refractivity contribution < 1.29 is 19.1 Å². The van der Waals surface area contributed by atoms with Gasteiger partial charge in [-0.25, -0.2) is 9.59 Å². The standard InChI is InChI=1S/C15H16O4/c1-4-18-14(16)10-7-12-5-8-13(9-6-12)19-15(17)11(2)3/h5-10H,2,4H2,1,3H3/b10-7+. The van der Waals surface area contributed by atoms with Crippen LogP contribution < -0.4 is 4.74 Å². The Morgan fingerprint density at radius 1 is 1.26 bits per heavy atom. The Hall–Kier alpha value is -2.36. The van der Waals surface area contributed by atoms with Gasteiger partial charge < -0.3 is 9.47 Å². The van der Waals surface area contributed by atoms with Crippen LogP contribution in [0.4, 0.5) is 0 Å². The summed E-state index contributed by atoms with van der Waals surface area (Å²) in [5.41, 5.74) is 1.15. The quantitative estimate of drug-likeness (QED) is 0.464. The van der Waals surface area contributed by atoms with E-state index in [1.54, 1.807) is 44.2 Å². The number of carbonyl (C=O) groups excluding carboxylic acids is 2. The largest absolute Gasteiger partial charge is 0.463 e. The second-order valence-corrected chi connectivity index (χ2v) is 3.82. The molecule has 0 radical (unpaired) electrons. The maximum atomic E-state index is 11.3. The summed E-state index contributed by atoms with van der Waals surface area (Å²) in [6.45, 7) is 7.17. The van der Waals surface area contributed by atoms with E-state index in [4.69, 9.17) is 9.47 Å². The molecule has 0 saturated carbocycles. The van der Waals surface area contributed by atoms with E-state index in [9.17, 15) is 9.59 Å². The van der Waals surface area contributed by atoms with Crippen molar-refractivity contribution in [3.8, 4) is 5.75 Å². The number of esters is 2. The zero-order chi connectivity index (χ0) is 14.3. The zero-order valence-corrected chi connectivity index (χ0v) is 11.0. The van der Waals surface area contributed by atoms with Gasteiger partial charge >= 0.3 is 11.9 Å². The van der Waals surface area contributed by atoms with E-state index in [0.717, 1.165) is 5.56 Å². The fraction of sp³-hybridized carbons (Fsp3) is 0.200. The van der Waals surface area contributed by atoms with Crippen molar-refractivity contribution in [3.05, 3.63) is 48.1 Å². The number of rotatable bonds is 5. The molecule has 0 aliphatic rings. The fourth-order valence-electron chi connectivity index (χ4n) is 1.20. The highest BCUT2D eigenvalue weighted by Gasteiger charge is 2.04. The van der Waals surface area contributed by atoms with Gasteiger partial charge in [-0.1, -0.05) is 18.7 Å². The molecule has 100 valence electrons. The third-order valence-corrected chi connectivity index (χ3v) is 2.14. The van der Waals surface area contributed by atoms with Gasteiger partial charge in [-0.2, -0.15) is 0 Å². The fourth-order valence-corrected chi connectivity index (χ4v) is 1.20. The van der Waals surface area contributed by atoms with Crippen LogP contribution in [0.3, 0.4) is 0 Å². The van der Waals surface area contributed by atoms with E-state index in [0.29, 0.717) is 17.9 Å². The van der Waals surface area contributed by atoms with E-state index < -0.39 is 5.97 Å². The molecular weight excluding hydrogens is 244 g/mol. The first-order valence-electron chi connectivity index (χ1n) is 5.85. The Morgan fingerprint density at radius 2 is 1.89 bits per heavy atom. The minimum Gasteiger partial charge on any atom is -0.463 e. The Bertz CT molecular complexity index is 497. The van der Waals surface area contributed by atoms with E-state index in [-0.39, 0.29) is 5.97 Å². The Kier molecular flexibility index (Phi) is 5.54. The SMILES string of the molecule is C=C(C)C(=O)Oc1ccc(/C=C/C(=O)OCC)cc1. The zero-order valence-electron chi connectivity index (χ0n) is 11.0. The first kappa shape index (κ1) is 14.7. The molecule has 1 aromatic carbocycles. The summed E-state index contributed by atoms with van der Waals surface area (Å²) in [7, 11) is 0. The van der Waals surface area contributed by atoms with Crippen LogP contribution in [0, 0.1) is 0 Å². The van der Waals surface area contributed by atoms with Crippen molar-refractivity contribution in [1.29, 1.82) is 0 Å². The van der Waals surface area contributed by atoms with Gasteiger partial charge in [-0.15, -0.1) is 0 Å². The molecule has 0 aromatic heterocycles. The lowest BCUT2D eigenvalue weighted by atomic mass is 10.2. The van der Waals surface area contributed by atoms with Gasteiger partial charge in [0.15, 0.2) is 0 Å². The van der Waals surface area contributed by atoms with Crippen LogP contribution in [-0.4, -0.2) is 18.5 Å². The van der Waals surface area contributed by atoms with Gasteiger partial charge in [0, 0.05) is 11.6 Å². The summed E-state index contributed by atoms with van der Waals surface area (Å²) in [6.07, 6.45) is 2.97. The van der Waals surface area contributed by atoms with Crippen LogP contribution in [0.15, 0.2) is 42.5 Å². The summed E-state index contributed by atoms with van der Waals surface area (Å²) in [5.74, 6) is -0.420. The second kappa shape index (κ2) is 7.16. The lowest BCUT2D eigenvalue weighted by Gasteiger charge is -2.03. The highest BCUT2D eigenvalue weighted by molar-refractivity contribution is 5.89. The van der Waals surface area contributed by atoms with Crippen molar-refractivity contribution in [3.63, 3.8) is 0 Å². The molecule has 0 saturated heterocycles. The number of hydrogen-bond donors (Lipinski definition) is 0. The molecule has 1 aromatic rings. The molecule has 0 bridgehead atoms. The van der Waals surface area contributed by atoms with Crippen LogP contribution >= 0.6 is 0 Å². The number of hydrogen-bond acceptors (Lipinski definition) is 4. The average molecular weight is 260 g/mol. The molecule has 0 N–H and O–H groups in total. The summed E-state index contributed by atoms with van der Waals surface area (Å²) in [4.78, 5) is 22.4. The lowest BCUT2D eigenvalue weighted by molar-refractivity contribution is -0.137. The first-order valence-corrected chi connectivity index (χ1v) is 5.85. The summed E-state index contributed by atoms with van der Waals surface area (Å²) >= 11 is 0. The van der Waals surface area contributed by atoms with Crippen LogP contribution in [0.2, 0.25) is 0 Å². The number of carbonyl (C=O) groups is 2. The molecular formula is C15H16O4. The highest BCUT2D eigenvalue weighted by Crippen LogP contribution is 2.14. The normalized spacial score (nSPS) is 10.2. The minimum absolute atomic E-state index is 0.339. The smallest absolute Gasteiger partial charge is 0.338 e. The molecule has 0 fully saturated rings. The van der Waals surface area contributed by atoms with Crippen LogP contribution in [-0.2, 0) is 14.3 Å². The monoisotopic (exact) mass is 260 g/mol. The molecule has 0 aliphatic heterocycles. The number of ether oxygens (including phenoxy) is 2. The van der Waals surface area contributed by atoms with E-state index in [2.05, 4.69) is 6.58 Å². The van der Waals surface area contributed by atoms with Crippen molar-refractivity contribution >= 4 is 18.0 Å². The van der Waals surface area contributed by atoms with Gasteiger partial charge in [0.05, 0.1) is 6.61 Å². The summed E-state index contributed by atoms with van der Waals surface area (Å²) in [5, 5.41) is 0. The van der Waals surface area contributed by atoms with Gasteiger partial charge in [0.1, 0.15) is 5.75 Å². The van der Waals surface area contributed by atoms with E-state index in [1.165, 1.54) is 6.08 Å². The molecule has 0 aliphatic carbocycles. The predicted octanol–water partition coefficient (Wildman–Crippen LogP) is 2.74. The van der Waals surface area contributed by atoms with Gasteiger partial charge in [0.25, 0.3) is 0 Å². The van der Waals surface area contributed by atoms with Crippen molar-refractivity contribution in [2.75, 3.05) is 6.61 Å². The molecule has 1 rings (SSSR count). The topological polar surface area (TPSA) is 52.6 Å². The second-order valence-electron chi connectivity index (χ2n) is 3.82. The maximum absolute atomic E-state index is 11.3. The molecule has 0 spiro atoms. The summed E-state index contributed by atoms with van der Waals surface area (Å²) in [6, 6.07) is 6.75. The van der Waals surface area contributed by atoms with E-state index in [1.807, 2.05) is 0 Å². The summed E-state index contributed by atoms with van der Waals surface area (Å²) < 4.78 is 9.80. The highest BCUT2D eigenvalue weighted by atomic mass is 16.5. The molecule has 0 atom stereocenters. The van der Waals surface area contributed by atoms with Crippen molar-refractivity contribution in [1.82, 2.24) is 0 Å². The van der Waals surface area contributed by atoms with Crippen LogP contribution in [0.5, 0.6) is 5.75 Å². The Morgan fingerprint density at radius 3 is 2.42 bits per heavy atom. The molecule has 4 heteroatoms. The molecule has 0 heterocycles. The minimum atomic E-state index is -0.463. The molecule has 0 unspecified atom stereocenters. The van der Waals surface area contributed by atoms with Gasteiger partial charge in [-0.3, -0.25) is 0 Å². The molecule has 4 nitrogen and oxygen atoms in total. The van der Waals surface area contributed by atoms with Crippen molar-refractivity contribution in [2.45, 2.75) is 13.8 Å². The molecule has 19 heavy (non-hydrogen) atoms. The lowest BCUT2D eigenvalue weighted by Crippen LogP contribution is -2.07. The average Bonchev–Trinajstić information content (AvgIpc) is 2.38.